The highest BCUT2D eigenvalue weighted by Crippen LogP contribution is 2.28. The Balaban J connectivity index is 1.64. The van der Waals surface area contributed by atoms with Gasteiger partial charge in [0.2, 0.25) is 0 Å². The lowest BCUT2D eigenvalue weighted by Crippen LogP contribution is -2.40. The Labute approximate surface area is 158 Å². The van der Waals surface area contributed by atoms with Crippen LogP contribution in [0.2, 0.25) is 0 Å². The van der Waals surface area contributed by atoms with E-state index < -0.39 is 0 Å². The highest BCUT2D eigenvalue weighted by atomic mass is 16.2. The van der Waals surface area contributed by atoms with Crippen molar-refractivity contribution >= 4 is 5.91 Å². The summed E-state index contributed by atoms with van der Waals surface area (Å²) in [5, 5.41) is 0. The fourth-order valence-corrected chi connectivity index (χ4v) is 3.76. The Morgan fingerprint density at radius 1 is 1.19 bits per heavy atom. The molecular weight excluding hydrogens is 338 g/mol. The largest absolute Gasteiger partial charge is 0.338 e. The van der Waals surface area contributed by atoms with Gasteiger partial charge in [-0.2, -0.15) is 0 Å². The van der Waals surface area contributed by atoms with Crippen molar-refractivity contribution in [3.05, 3.63) is 66.1 Å². The fraction of sp³-hybridized carbons (Fsp3) is 0.333. The average Bonchev–Trinajstić information content (AvgIpc) is 3.14. The second kappa shape index (κ2) is 7.31. The summed E-state index contributed by atoms with van der Waals surface area (Å²) in [6, 6.07) is 9.83. The third kappa shape index (κ3) is 3.47. The molecule has 1 amide bonds. The minimum atomic E-state index is -0.00670. The molecule has 6 nitrogen and oxygen atoms in total. The van der Waals surface area contributed by atoms with E-state index in [0.29, 0.717) is 23.6 Å². The van der Waals surface area contributed by atoms with E-state index >= 15 is 0 Å². The quantitative estimate of drug-likeness (QED) is 0.719. The van der Waals surface area contributed by atoms with Crippen LogP contribution in [0.25, 0.3) is 11.3 Å². The van der Waals surface area contributed by atoms with Crippen LogP contribution in [0.4, 0.5) is 0 Å². The molecule has 6 heteroatoms. The zero-order valence-electron chi connectivity index (χ0n) is 15.7. The van der Waals surface area contributed by atoms with Crippen LogP contribution in [0.5, 0.6) is 0 Å². The Hall–Kier alpha value is -3.02. The Morgan fingerprint density at radius 2 is 2.00 bits per heavy atom. The van der Waals surface area contributed by atoms with Crippen LogP contribution < -0.4 is 0 Å². The third-order valence-corrected chi connectivity index (χ3v) is 5.12. The first-order chi connectivity index (χ1) is 13.1. The summed E-state index contributed by atoms with van der Waals surface area (Å²) in [5.74, 6) is 1.95. The van der Waals surface area contributed by atoms with E-state index in [-0.39, 0.29) is 11.8 Å². The van der Waals surface area contributed by atoms with Crippen LogP contribution in [-0.4, -0.2) is 43.4 Å². The number of piperidine rings is 1. The number of amides is 1. The van der Waals surface area contributed by atoms with E-state index in [9.17, 15) is 4.79 Å². The molecule has 0 bridgehead atoms. The third-order valence-electron chi connectivity index (χ3n) is 5.12. The molecule has 1 atom stereocenters. The molecular formula is C21H23N5O. The van der Waals surface area contributed by atoms with Gasteiger partial charge in [-0.3, -0.25) is 4.79 Å². The summed E-state index contributed by atoms with van der Waals surface area (Å²) >= 11 is 0. The minimum absolute atomic E-state index is 0.00670. The molecule has 0 aliphatic carbocycles. The number of likely N-dealkylation sites (tertiary alicyclic amines) is 1. The van der Waals surface area contributed by atoms with Gasteiger partial charge in [-0.1, -0.05) is 30.3 Å². The first kappa shape index (κ1) is 17.4. The van der Waals surface area contributed by atoms with Gasteiger partial charge in [0.1, 0.15) is 11.6 Å². The highest BCUT2D eigenvalue weighted by Gasteiger charge is 2.29. The van der Waals surface area contributed by atoms with E-state index in [1.165, 1.54) is 0 Å². The van der Waals surface area contributed by atoms with E-state index in [1.807, 2.05) is 66.2 Å². The van der Waals surface area contributed by atoms with Crippen LogP contribution in [-0.2, 0) is 7.05 Å². The normalized spacial score (nSPS) is 17.1. The monoisotopic (exact) mass is 361 g/mol. The summed E-state index contributed by atoms with van der Waals surface area (Å²) in [5.41, 5.74) is 2.20. The van der Waals surface area contributed by atoms with Crippen molar-refractivity contribution < 1.29 is 4.79 Å². The smallest absolute Gasteiger partial charge is 0.257 e. The Kier molecular flexibility index (Phi) is 4.71. The van der Waals surface area contributed by atoms with Crippen LogP contribution in [0.15, 0.2) is 48.9 Å². The molecule has 1 fully saturated rings. The van der Waals surface area contributed by atoms with E-state index in [4.69, 9.17) is 0 Å². The van der Waals surface area contributed by atoms with E-state index in [0.717, 1.165) is 30.8 Å². The van der Waals surface area contributed by atoms with Crippen molar-refractivity contribution in [3.63, 3.8) is 0 Å². The molecule has 4 rings (SSSR count). The van der Waals surface area contributed by atoms with Crippen molar-refractivity contribution in [3.8, 4) is 11.3 Å². The summed E-state index contributed by atoms with van der Waals surface area (Å²) in [7, 11) is 2.00. The number of benzene rings is 1. The van der Waals surface area contributed by atoms with Gasteiger partial charge < -0.3 is 9.47 Å². The zero-order chi connectivity index (χ0) is 18.8. The van der Waals surface area contributed by atoms with Gasteiger partial charge in [-0.25, -0.2) is 15.0 Å². The van der Waals surface area contributed by atoms with Gasteiger partial charge in [0.15, 0.2) is 0 Å². The lowest BCUT2D eigenvalue weighted by molar-refractivity contribution is 0.0703. The van der Waals surface area contributed by atoms with Crippen molar-refractivity contribution in [1.82, 2.24) is 24.4 Å². The van der Waals surface area contributed by atoms with Gasteiger partial charge in [0, 0.05) is 50.2 Å². The van der Waals surface area contributed by atoms with E-state index in [1.54, 1.807) is 6.20 Å². The Morgan fingerprint density at radius 3 is 2.74 bits per heavy atom. The standard InChI is InChI=1S/C21H23N5O/c1-15-23-13-18(19(24-15)16-7-4-3-5-8-16)21(27)26-11-6-9-17(14-26)20-22-10-12-25(20)2/h3-5,7-8,10,12-13,17H,6,9,11,14H2,1-2H3. The molecule has 3 heterocycles. The summed E-state index contributed by atoms with van der Waals surface area (Å²) in [6.45, 7) is 3.27. The lowest BCUT2D eigenvalue weighted by atomic mass is 9.96. The number of rotatable bonds is 3. The maximum absolute atomic E-state index is 13.3. The number of aryl methyl sites for hydroxylation is 2. The van der Waals surface area contributed by atoms with Gasteiger partial charge in [-0.05, 0) is 19.8 Å². The molecule has 138 valence electrons. The molecule has 0 saturated carbocycles. The van der Waals surface area contributed by atoms with Crippen LogP contribution in [0.3, 0.4) is 0 Å². The number of carbonyl (C=O) groups excluding carboxylic acids is 1. The molecule has 2 aromatic heterocycles. The average molecular weight is 361 g/mol. The Bertz CT molecular complexity index is 950. The molecule has 1 unspecified atom stereocenters. The minimum Gasteiger partial charge on any atom is -0.338 e. The molecule has 0 N–H and O–H groups in total. The van der Waals surface area contributed by atoms with Crippen molar-refractivity contribution in [1.29, 1.82) is 0 Å². The van der Waals surface area contributed by atoms with E-state index in [2.05, 4.69) is 15.0 Å². The van der Waals surface area contributed by atoms with Gasteiger partial charge in [0.25, 0.3) is 5.91 Å². The zero-order valence-corrected chi connectivity index (χ0v) is 15.7. The van der Waals surface area contributed by atoms with Gasteiger partial charge in [-0.15, -0.1) is 0 Å². The molecule has 1 aliphatic heterocycles. The maximum Gasteiger partial charge on any atom is 0.257 e. The fourth-order valence-electron chi connectivity index (χ4n) is 3.76. The predicted octanol–water partition coefficient (Wildman–Crippen LogP) is 3.21. The second-order valence-corrected chi connectivity index (χ2v) is 7.03. The number of nitrogens with zero attached hydrogens (tertiary/aromatic N) is 5. The lowest BCUT2D eigenvalue weighted by Gasteiger charge is -2.32. The number of hydrogen-bond donors (Lipinski definition) is 0. The first-order valence-electron chi connectivity index (χ1n) is 9.29. The number of carbonyl (C=O) groups is 1. The number of aromatic nitrogens is 4. The van der Waals surface area contributed by atoms with Crippen molar-refractivity contribution in [2.24, 2.45) is 7.05 Å². The summed E-state index contributed by atoms with van der Waals surface area (Å²) in [6.07, 6.45) is 7.45. The first-order valence-corrected chi connectivity index (χ1v) is 9.29. The summed E-state index contributed by atoms with van der Waals surface area (Å²) in [4.78, 5) is 28.6. The number of imidazole rings is 1. The van der Waals surface area contributed by atoms with Crippen LogP contribution >= 0.6 is 0 Å². The molecule has 1 aliphatic rings. The van der Waals surface area contributed by atoms with Gasteiger partial charge in [0.05, 0.1) is 11.3 Å². The van der Waals surface area contributed by atoms with Crippen molar-refractivity contribution in [2.75, 3.05) is 13.1 Å². The summed E-state index contributed by atoms with van der Waals surface area (Å²) < 4.78 is 2.04. The molecule has 0 radical (unpaired) electrons. The second-order valence-electron chi connectivity index (χ2n) is 7.03. The highest BCUT2D eigenvalue weighted by molar-refractivity contribution is 5.99. The SMILES string of the molecule is Cc1ncc(C(=O)N2CCCC(c3nccn3C)C2)c(-c2ccccc2)n1. The van der Waals surface area contributed by atoms with Crippen LogP contribution in [0.1, 0.15) is 40.8 Å². The van der Waals surface area contributed by atoms with Crippen LogP contribution in [0, 0.1) is 6.92 Å². The molecule has 1 saturated heterocycles. The molecule has 0 spiro atoms. The topological polar surface area (TPSA) is 63.9 Å². The molecule has 27 heavy (non-hydrogen) atoms. The maximum atomic E-state index is 13.3. The molecule has 1 aromatic carbocycles. The predicted molar refractivity (Wildman–Crippen MR) is 103 cm³/mol. The van der Waals surface area contributed by atoms with Crippen molar-refractivity contribution in [2.45, 2.75) is 25.7 Å². The number of hydrogen-bond acceptors (Lipinski definition) is 4. The molecule has 3 aromatic rings. The van der Waals surface area contributed by atoms with Gasteiger partial charge >= 0.3 is 0 Å².